The molecule has 0 saturated heterocycles. The van der Waals surface area contributed by atoms with Crippen LogP contribution in [0.4, 0.5) is 11.4 Å². The van der Waals surface area contributed by atoms with Gasteiger partial charge < -0.3 is 10.6 Å². The predicted octanol–water partition coefficient (Wildman–Crippen LogP) is 4.67. The third kappa shape index (κ3) is 6.38. The van der Waals surface area contributed by atoms with Gasteiger partial charge in [-0.1, -0.05) is 36.4 Å². The van der Waals surface area contributed by atoms with Gasteiger partial charge in [-0.2, -0.15) is 0 Å². The summed E-state index contributed by atoms with van der Waals surface area (Å²) in [4.78, 5) is 31.2. The first-order valence-electron chi connectivity index (χ1n) is 9.25. The van der Waals surface area contributed by atoms with E-state index in [0.717, 1.165) is 0 Å². The molecule has 148 valence electrons. The van der Waals surface area contributed by atoms with Crippen molar-refractivity contribution in [1.82, 2.24) is 9.97 Å². The highest BCUT2D eigenvalue weighted by molar-refractivity contribution is 6.04. The molecule has 0 aliphatic rings. The summed E-state index contributed by atoms with van der Waals surface area (Å²) >= 11 is 0. The van der Waals surface area contributed by atoms with Crippen molar-refractivity contribution in [1.29, 1.82) is 0 Å². The van der Waals surface area contributed by atoms with Crippen LogP contribution in [0.25, 0.3) is 0 Å². The van der Waals surface area contributed by atoms with Gasteiger partial charge in [0.1, 0.15) is 0 Å². The largest absolute Gasteiger partial charge is 0.321 e. The van der Waals surface area contributed by atoms with E-state index < -0.39 is 0 Å². The van der Waals surface area contributed by atoms with E-state index in [-0.39, 0.29) is 11.8 Å². The van der Waals surface area contributed by atoms with E-state index in [2.05, 4.69) is 20.6 Å². The molecular weight excluding hydrogens is 376 g/mol. The molecule has 0 unspecified atom stereocenters. The lowest BCUT2D eigenvalue weighted by molar-refractivity contribution is 0.101. The van der Waals surface area contributed by atoms with Gasteiger partial charge >= 0.3 is 0 Å². The Kier molecular flexibility index (Phi) is 7.40. The zero-order chi connectivity index (χ0) is 21.0. The molecule has 30 heavy (non-hydrogen) atoms. The molecule has 6 heteroatoms. The normalized spacial score (nSPS) is 9.60. The van der Waals surface area contributed by atoms with Gasteiger partial charge in [-0.3, -0.25) is 19.6 Å². The summed E-state index contributed by atoms with van der Waals surface area (Å²) in [5.41, 5.74) is 2.68. The van der Waals surface area contributed by atoms with Crippen LogP contribution in [-0.2, 0) is 0 Å². The lowest BCUT2D eigenvalue weighted by Crippen LogP contribution is -2.11. The molecule has 0 saturated carbocycles. The highest BCUT2D eigenvalue weighted by atomic mass is 16.2. The van der Waals surface area contributed by atoms with Gasteiger partial charge in [0.2, 0.25) is 0 Å². The standard InChI is InChI=1S/2C12H10N2O/c2*15-12(10-5-2-1-3-6-10)14-11-7-4-8-13-9-11/h2*1-9H,(H,14,15). The van der Waals surface area contributed by atoms with Crippen molar-refractivity contribution in [3.63, 3.8) is 0 Å². The number of rotatable bonds is 4. The first-order valence-corrected chi connectivity index (χ1v) is 9.25. The van der Waals surface area contributed by atoms with Crippen LogP contribution in [0.3, 0.4) is 0 Å². The highest BCUT2D eigenvalue weighted by Gasteiger charge is 2.04. The monoisotopic (exact) mass is 396 g/mol. The Morgan fingerprint density at radius 1 is 0.533 bits per heavy atom. The average molecular weight is 396 g/mol. The van der Waals surface area contributed by atoms with Crippen LogP contribution in [-0.4, -0.2) is 21.8 Å². The van der Waals surface area contributed by atoms with Crippen LogP contribution < -0.4 is 10.6 Å². The Labute approximate surface area is 174 Å². The van der Waals surface area contributed by atoms with Gasteiger partial charge in [0.25, 0.3) is 11.8 Å². The molecule has 6 nitrogen and oxygen atoms in total. The summed E-state index contributed by atoms with van der Waals surface area (Å²) in [6.07, 6.45) is 6.55. The van der Waals surface area contributed by atoms with E-state index in [4.69, 9.17) is 0 Å². The quantitative estimate of drug-likeness (QED) is 0.525. The summed E-state index contributed by atoms with van der Waals surface area (Å²) in [6.45, 7) is 0. The number of hydrogen-bond donors (Lipinski definition) is 2. The fourth-order valence-corrected chi connectivity index (χ4v) is 2.46. The molecule has 2 aromatic heterocycles. The van der Waals surface area contributed by atoms with Crippen molar-refractivity contribution in [3.8, 4) is 0 Å². The summed E-state index contributed by atoms with van der Waals surface area (Å²) in [5.74, 6) is -0.243. The maximum atomic E-state index is 11.7. The number of anilines is 2. The molecule has 0 aliphatic carbocycles. The summed E-state index contributed by atoms with van der Waals surface area (Å²) in [7, 11) is 0. The fourth-order valence-electron chi connectivity index (χ4n) is 2.46. The summed E-state index contributed by atoms with van der Waals surface area (Å²) in [6, 6.07) is 25.3. The van der Waals surface area contributed by atoms with Crippen molar-refractivity contribution in [2.45, 2.75) is 0 Å². The minimum absolute atomic E-state index is 0.122. The number of nitrogens with zero attached hydrogens (tertiary/aromatic N) is 2. The number of amides is 2. The zero-order valence-corrected chi connectivity index (χ0v) is 16.1. The lowest BCUT2D eigenvalue weighted by atomic mass is 10.2. The molecule has 0 aliphatic heterocycles. The van der Waals surface area contributed by atoms with Crippen LogP contribution in [0.5, 0.6) is 0 Å². The molecule has 0 spiro atoms. The van der Waals surface area contributed by atoms with Crippen LogP contribution in [0.1, 0.15) is 20.7 Å². The maximum Gasteiger partial charge on any atom is 0.255 e. The molecule has 2 aromatic carbocycles. The first kappa shape index (κ1) is 20.4. The molecule has 2 heterocycles. The number of carbonyl (C=O) groups excluding carboxylic acids is 2. The first-order chi connectivity index (χ1) is 14.7. The summed E-state index contributed by atoms with van der Waals surface area (Å²) < 4.78 is 0. The van der Waals surface area contributed by atoms with Crippen molar-refractivity contribution in [2.75, 3.05) is 10.6 Å². The summed E-state index contributed by atoms with van der Waals surface area (Å²) in [5, 5.41) is 5.51. The fraction of sp³-hybridized carbons (Fsp3) is 0. The number of aromatic nitrogens is 2. The molecule has 4 aromatic rings. The van der Waals surface area contributed by atoms with Gasteiger partial charge in [0.05, 0.1) is 23.8 Å². The highest BCUT2D eigenvalue weighted by Crippen LogP contribution is 2.07. The minimum Gasteiger partial charge on any atom is -0.321 e. The SMILES string of the molecule is O=C(Nc1cccnc1)c1ccccc1.O=C(Nc1cccnc1)c1ccccc1. The van der Waals surface area contributed by atoms with E-state index in [9.17, 15) is 9.59 Å². The third-order valence-electron chi connectivity index (χ3n) is 3.91. The van der Waals surface area contributed by atoms with Crippen LogP contribution >= 0.6 is 0 Å². The maximum absolute atomic E-state index is 11.7. The number of pyridine rings is 2. The second-order valence-corrected chi connectivity index (χ2v) is 6.12. The third-order valence-corrected chi connectivity index (χ3v) is 3.91. The topological polar surface area (TPSA) is 84.0 Å². The van der Waals surface area contributed by atoms with Gasteiger partial charge in [-0.15, -0.1) is 0 Å². The van der Waals surface area contributed by atoms with Gasteiger partial charge in [0.15, 0.2) is 0 Å². The van der Waals surface area contributed by atoms with Gasteiger partial charge in [-0.05, 0) is 48.5 Å². The number of benzene rings is 2. The molecule has 4 rings (SSSR count). The molecular formula is C24H20N4O2. The average Bonchev–Trinajstić information content (AvgIpc) is 2.82. The van der Waals surface area contributed by atoms with Crippen molar-refractivity contribution >= 4 is 23.2 Å². The predicted molar refractivity (Wildman–Crippen MR) is 117 cm³/mol. The van der Waals surface area contributed by atoms with E-state index in [0.29, 0.717) is 22.5 Å². The Morgan fingerprint density at radius 2 is 0.933 bits per heavy atom. The molecule has 2 amide bonds. The van der Waals surface area contributed by atoms with Crippen LogP contribution in [0.15, 0.2) is 110 Å². The Balaban J connectivity index is 0.000000171. The second-order valence-electron chi connectivity index (χ2n) is 6.12. The number of carbonyl (C=O) groups is 2. The van der Waals surface area contributed by atoms with Crippen molar-refractivity contribution in [3.05, 3.63) is 121 Å². The van der Waals surface area contributed by atoms with E-state index in [1.54, 1.807) is 73.3 Å². The lowest BCUT2D eigenvalue weighted by Gasteiger charge is -2.03. The smallest absolute Gasteiger partial charge is 0.255 e. The molecule has 0 fully saturated rings. The van der Waals surface area contributed by atoms with E-state index in [1.807, 2.05) is 36.4 Å². The molecule has 0 atom stereocenters. The number of hydrogen-bond acceptors (Lipinski definition) is 4. The molecule has 0 radical (unpaired) electrons. The number of nitrogens with one attached hydrogen (secondary N) is 2. The van der Waals surface area contributed by atoms with Crippen molar-refractivity contribution < 1.29 is 9.59 Å². The zero-order valence-electron chi connectivity index (χ0n) is 16.1. The Morgan fingerprint density at radius 3 is 1.27 bits per heavy atom. The second kappa shape index (κ2) is 10.9. The van der Waals surface area contributed by atoms with Gasteiger partial charge in [-0.25, -0.2) is 0 Å². The Hall–Kier alpha value is -4.32. The van der Waals surface area contributed by atoms with Crippen LogP contribution in [0, 0.1) is 0 Å². The molecule has 2 N–H and O–H groups in total. The van der Waals surface area contributed by atoms with Crippen LogP contribution in [0.2, 0.25) is 0 Å². The minimum atomic E-state index is -0.122. The molecule has 0 bridgehead atoms. The van der Waals surface area contributed by atoms with Gasteiger partial charge in [0, 0.05) is 23.5 Å². The van der Waals surface area contributed by atoms with E-state index in [1.165, 1.54) is 0 Å². The Bertz CT molecular complexity index is 968. The van der Waals surface area contributed by atoms with Crippen molar-refractivity contribution in [2.24, 2.45) is 0 Å². The van der Waals surface area contributed by atoms with E-state index >= 15 is 0 Å².